The maximum atomic E-state index is 10.7. The van der Waals surface area contributed by atoms with Crippen LogP contribution >= 0.6 is 0 Å². The molecule has 3 nitrogen and oxygen atoms in total. The lowest BCUT2D eigenvalue weighted by molar-refractivity contribution is 0.0232. The van der Waals surface area contributed by atoms with Gasteiger partial charge in [0.1, 0.15) is 11.4 Å². The summed E-state index contributed by atoms with van der Waals surface area (Å²) in [4.78, 5) is 0. The Balaban J connectivity index is 2.01. The number of ether oxygens (including phenoxy) is 1. The standard InChI is InChI=1S/C18H23NO2/c1-14-8-9-17(15(2)12-14)21-11-10-18(20,13-19)16-6-4-3-5-7-16/h3-9,12,20H,10-11,13,19H2,1-2H3. The Morgan fingerprint density at radius 1 is 1.10 bits per heavy atom. The predicted molar refractivity (Wildman–Crippen MR) is 85.4 cm³/mol. The van der Waals surface area contributed by atoms with Gasteiger partial charge >= 0.3 is 0 Å². The van der Waals surface area contributed by atoms with Crippen molar-refractivity contribution in [2.24, 2.45) is 5.73 Å². The fourth-order valence-electron chi connectivity index (χ4n) is 2.40. The first-order valence-corrected chi connectivity index (χ1v) is 7.23. The lowest BCUT2D eigenvalue weighted by Crippen LogP contribution is -2.36. The zero-order valence-electron chi connectivity index (χ0n) is 12.7. The van der Waals surface area contributed by atoms with Gasteiger partial charge in [0.2, 0.25) is 0 Å². The molecule has 0 bridgehead atoms. The van der Waals surface area contributed by atoms with Gasteiger partial charge in [0.15, 0.2) is 0 Å². The van der Waals surface area contributed by atoms with E-state index in [0.29, 0.717) is 13.0 Å². The molecule has 0 radical (unpaired) electrons. The summed E-state index contributed by atoms with van der Waals surface area (Å²) >= 11 is 0. The number of aliphatic hydroxyl groups is 1. The van der Waals surface area contributed by atoms with E-state index in [4.69, 9.17) is 10.5 Å². The van der Waals surface area contributed by atoms with E-state index in [1.165, 1.54) is 5.56 Å². The fraction of sp³-hybridized carbons (Fsp3) is 0.333. The molecular weight excluding hydrogens is 262 g/mol. The molecule has 21 heavy (non-hydrogen) atoms. The third kappa shape index (κ3) is 3.84. The van der Waals surface area contributed by atoms with Crippen molar-refractivity contribution >= 4 is 0 Å². The van der Waals surface area contributed by atoms with Crippen molar-refractivity contribution in [1.82, 2.24) is 0 Å². The van der Waals surface area contributed by atoms with Gasteiger partial charge in [0.25, 0.3) is 0 Å². The third-order valence-corrected chi connectivity index (χ3v) is 3.75. The SMILES string of the molecule is Cc1ccc(OCCC(O)(CN)c2ccccc2)c(C)c1. The summed E-state index contributed by atoms with van der Waals surface area (Å²) in [5.74, 6) is 0.855. The molecule has 2 aromatic carbocycles. The molecule has 0 aliphatic heterocycles. The number of rotatable bonds is 6. The largest absolute Gasteiger partial charge is 0.493 e. The molecule has 3 heteroatoms. The average Bonchev–Trinajstić information content (AvgIpc) is 2.50. The first-order chi connectivity index (χ1) is 10.0. The molecule has 0 aliphatic carbocycles. The maximum Gasteiger partial charge on any atom is 0.122 e. The molecule has 0 aromatic heterocycles. The second-order valence-electron chi connectivity index (χ2n) is 5.47. The van der Waals surface area contributed by atoms with Crippen molar-refractivity contribution in [3.8, 4) is 5.75 Å². The molecular formula is C18H23NO2. The molecule has 0 heterocycles. The van der Waals surface area contributed by atoms with Gasteiger partial charge in [-0.1, -0.05) is 48.0 Å². The Morgan fingerprint density at radius 2 is 1.81 bits per heavy atom. The minimum atomic E-state index is -1.04. The number of aryl methyl sites for hydroxylation is 2. The van der Waals surface area contributed by atoms with E-state index < -0.39 is 5.60 Å². The highest BCUT2D eigenvalue weighted by Gasteiger charge is 2.27. The first-order valence-electron chi connectivity index (χ1n) is 7.23. The van der Waals surface area contributed by atoms with E-state index in [0.717, 1.165) is 16.9 Å². The van der Waals surface area contributed by atoms with E-state index in [-0.39, 0.29) is 6.54 Å². The van der Waals surface area contributed by atoms with Crippen molar-refractivity contribution in [1.29, 1.82) is 0 Å². The van der Waals surface area contributed by atoms with Crippen LogP contribution in [0.15, 0.2) is 48.5 Å². The minimum absolute atomic E-state index is 0.174. The van der Waals surface area contributed by atoms with Crippen molar-refractivity contribution < 1.29 is 9.84 Å². The van der Waals surface area contributed by atoms with Crippen LogP contribution in [0.1, 0.15) is 23.1 Å². The summed E-state index contributed by atoms with van der Waals surface area (Å²) in [5.41, 5.74) is 7.86. The topological polar surface area (TPSA) is 55.5 Å². The van der Waals surface area contributed by atoms with Gasteiger partial charge in [-0.3, -0.25) is 0 Å². The lowest BCUT2D eigenvalue weighted by atomic mass is 9.91. The highest BCUT2D eigenvalue weighted by atomic mass is 16.5. The molecule has 0 saturated heterocycles. The van der Waals surface area contributed by atoms with Crippen molar-refractivity contribution in [2.75, 3.05) is 13.2 Å². The molecule has 0 saturated carbocycles. The molecule has 2 rings (SSSR count). The van der Waals surface area contributed by atoms with E-state index >= 15 is 0 Å². The van der Waals surface area contributed by atoms with Crippen LogP contribution in [0.3, 0.4) is 0 Å². The molecule has 3 N–H and O–H groups in total. The number of hydrogen-bond donors (Lipinski definition) is 2. The van der Waals surface area contributed by atoms with Crippen LogP contribution in [0.2, 0.25) is 0 Å². The summed E-state index contributed by atoms with van der Waals surface area (Å²) in [6, 6.07) is 15.6. The zero-order chi connectivity index (χ0) is 15.3. The van der Waals surface area contributed by atoms with Gasteiger partial charge < -0.3 is 15.6 Å². The number of nitrogens with two attached hydrogens (primary N) is 1. The molecule has 0 aliphatic rings. The third-order valence-electron chi connectivity index (χ3n) is 3.75. The average molecular weight is 285 g/mol. The number of hydrogen-bond acceptors (Lipinski definition) is 3. The van der Waals surface area contributed by atoms with E-state index in [1.54, 1.807) is 0 Å². The summed E-state index contributed by atoms with van der Waals surface area (Å²) < 4.78 is 5.80. The Morgan fingerprint density at radius 3 is 2.43 bits per heavy atom. The van der Waals surface area contributed by atoms with Gasteiger partial charge in [-0.25, -0.2) is 0 Å². The van der Waals surface area contributed by atoms with Gasteiger partial charge in [0.05, 0.1) is 6.61 Å². The highest BCUT2D eigenvalue weighted by Crippen LogP contribution is 2.25. The molecule has 1 unspecified atom stereocenters. The van der Waals surface area contributed by atoms with Crippen LogP contribution in [0, 0.1) is 13.8 Å². The predicted octanol–water partition coefficient (Wildman–Crippen LogP) is 2.92. The lowest BCUT2D eigenvalue weighted by Gasteiger charge is -2.27. The Kier molecular flexibility index (Phi) is 4.99. The van der Waals surface area contributed by atoms with Crippen LogP contribution < -0.4 is 10.5 Å². The van der Waals surface area contributed by atoms with Crippen molar-refractivity contribution in [3.63, 3.8) is 0 Å². The Hall–Kier alpha value is -1.84. The van der Waals surface area contributed by atoms with Crippen LogP contribution in [-0.4, -0.2) is 18.3 Å². The fourth-order valence-corrected chi connectivity index (χ4v) is 2.40. The van der Waals surface area contributed by atoms with E-state index in [2.05, 4.69) is 13.0 Å². The smallest absolute Gasteiger partial charge is 0.122 e. The van der Waals surface area contributed by atoms with Gasteiger partial charge in [-0.2, -0.15) is 0 Å². The first kappa shape index (κ1) is 15.5. The normalized spacial score (nSPS) is 13.7. The molecule has 2 aromatic rings. The summed E-state index contributed by atoms with van der Waals surface area (Å²) in [6.45, 7) is 4.67. The second-order valence-corrected chi connectivity index (χ2v) is 5.47. The van der Waals surface area contributed by atoms with Crippen LogP contribution in [-0.2, 0) is 5.60 Å². The zero-order valence-corrected chi connectivity index (χ0v) is 12.7. The van der Waals surface area contributed by atoms with Gasteiger partial charge in [0, 0.05) is 13.0 Å². The van der Waals surface area contributed by atoms with Gasteiger partial charge in [-0.05, 0) is 31.0 Å². The molecule has 0 amide bonds. The number of benzene rings is 2. The summed E-state index contributed by atoms with van der Waals surface area (Å²) in [6.07, 6.45) is 0.459. The summed E-state index contributed by atoms with van der Waals surface area (Å²) in [7, 11) is 0. The maximum absolute atomic E-state index is 10.7. The van der Waals surface area contributed by atoms with E-state index in [9.17, 15) is 5.11 Å². The van der Waals surface area contributed by atoms with Crippen LogP contribution in [0.4, 0.5) is 0 Å². The summed E-state index contributed by atoms with van der Waals surface area (Å²) in [5, 5.41) is 10.7. The minimum Gasteiger partial charge on any atom is -0.493 e. The van der Waals surface area contributed by atoms with Crippen LogP contribution in [0.25, 0.3) is 0 Å². The van der Waals surface area contributed by atoms with Crippen LogP contribution in [0.5, 0.6) is 5.75 Å². The van der Waals surface area contributed by atoms with Gasteiger partial charge in [-0.15, -0.1) is 0 Å². The molecule has 112 valence electrons. The Labute approximate surface area is 126 Å². The monoisotopic (exact) mass is 285 g/mol. The molecule has 0 spiro atoms. The van der Waals surface area contributed by atoms with Crippen molar-refractivity contribution in [3.05, 3.63) is 65.2 Å². The van der Waals surface area contributed by atoms with E-state index in [1.807, 2.05) is 49.4 Å². The molecule has 1 atom stereocenters. The van der Waals surface area contributed by atoms with Crippen molar-refractivity contribution in [2.45, 2.75) is 25.9 Å². The highest BCUT2D eigenvalue weighted by molar-refractivity contribution is 5.35. The molecule has 0 fully saturated rings. The second kappa shape index (κ2) is 6.74. The quantitative estimate of drug-likeness (QED) is 0.858. The Bertz CT molecular complexity index is 583.